The first kappa shape index (κ1) is 28.1. The van der Waals surface area contributed by atoms with E-state index in [-0.39, 0.29) is 30.2 Å². The number of carbonyl (C=O) groups is 2. The molecular weight excluding hydrogens is 519 g/mol. The van der Waals surface area contributed by atoms with Crippen molar-refractivity contribution in [3.05, 3.63) is 114 Å². The minimum Gasteiger partial charge on any atom is -0.491 e. The van der Waals surface area contributed by atoms with Crippen LogP contribution in [0.3, 0.4) is 0 Å². The first-order chi connectivity index (χ1) is 20.0. The van der Waals surface area contributed by atoms with Crippen LogP contribution in [-0.4, -0.2) is 53.9 Å². The predicted octanol–water partition coefficient (Wildman–Crippen LogP) is 6.86. The second-order valence-corrected chi connectivity index (χ2v) is 10.2. The van der Waals surface area contributed by atoms with Crippen LogP contribution in [0.25, 0.3) is 11.3 Å². The van der Waals surface area contributed by atoms with Gasteiger partial charge in [0.25, 0.3) is 11.8 Å². The third kappa shape index (κ3) is 6.68. The third-order valence-corrected chi connectivity index (χ3v) is 7.52. The lowest BCUT2D eigenvalue weighted by Crippen LogP contribution is -2.45. The molecule has 0 aliphatic carbocycles. The molecule has 1 aliphatic rings. The highest BCUT2D eigenvalue weighted by molar-refractivity contribution is 5.97. The van der Waals surface area contributed by atoms with Crippen LogP contribution in [-0.2, 0) is 6.42 Å². The van der Waals surface area contributed by atoms with Crippen molar-refractivity contribution >= 4 is 11.8 Å². The average molecular weight is 555 g/mol. The van der Waals surface area contributed by atoms with E-state index < -0.39 is 5.82 Å². The van der Waals surface area contributed by atoms with Gasteiger partial charge in [-0.05, 0) is 74.6 Å². The number of hydrogen-bond acceptors (Lipinski definition) is 4. The highest BCUT2D eigenvalue weighted by Crippen LogP contribution is 2.27. The van der Waals surface area contributed by atoms with Crippen LogP contribution < -0.4 is 4.74 Å². The smallest absolute Gasteiger partial charge is 0.289 e. The van der Waals surface area contributed by atoms with Gasteiger partial charge in [0.1, 0.15) is 23.9 Å². The second-order valence-electron chi connectivity index (χ2n) is 10.2. The van der Waals surface area contributed by atoms with Crippen LogP contribution in [0.15, 0.2) is 95.4 Å². The normalized spacial score (nSPS) is 16.6. The number of ether oxygens (including phenoxy) is 1. The Morgan fingerprint density at radius 3 is 2.34 bits per heavy atom. The molecule has 212 valence electrons. The summed E-state index contributed by atoms with van der Waals surface area (Å²) in [7, 11) is 0. The Kier molecular flexibility index (Phi) is 9.14. The molecule has 0 N–H and O–H groups in total. The fourth-order valence-corrected chi connectivity index (χ4v) is 5.29. The van der Waals surface area contributed by atoms with Gasteiger partial charge in [0.15, 0.2) is 5.76 Å². The van der Waals surface area contributed by atoms with Crippen molar-refractivity contribution in [1.82, 2.24) is 9.80 Å². The number of amides is 2. The molecule has 2 heterocycles. The number of carbonyl (C=O) groups excluding carboxylic acids is 2. The quantitative estimate of drug-likeness (QED) is 0.270. The molecule has 0 spiro atoms. The van der Waals surface area contributed by atoms with Gasteiger partial charge in [0.2, 0.25) is 0 Å². The standard InChI is InChI=1S/C34H35FN2O4/c1-2-36-21-11-4-12-22-37(34(39)32-20-19-31(41-32)27-15-7-9-17-29(27)35)26(23-25-13-5-3-6-14-25)24-40-30-18-10-8-16-28(30)33(36)38/h3,5-10,13-20,26H,2,4,11-12,21-24H2,1H3/t26-/m1/s1. The van der Waals surface area contributed by atoms with Gasteiger partial charge in [-0.3, -0.25) is 9.59 Å². The molecule has 4 aromatic rings. The first-order valence-electron chi connectivity index (χ1n) is 14.3. The van der Waals surface area contributed by atoms with Gasteiger partial charge in [-0.2, -0.15) is 0 Å². The number of benzene rings is 3. The van der Waals surface area contributed by atoms with E-state index in [0.29, 0.717) is 48.7 Å². The predicted molar refractivity (Wildman–Crippen MR) is 156 cm³/mol. The van der Waals surface area contributed by atoms with E-state index in [4.69, 9.17) is 9.15 Å². The molecule has 6 nitrogen and oxygen atoms in total. The minimum absolute atomic E-state index is 0.0499. The Balaban J connectivity index is 1.48. The molecule has 41 heavy (non-hydrogen) atoms. The molecule has 1 aliphatic heterocycles. The van der Waals surface area contributed by atoms with Gasteiger partial charge in [-0.1, -0.05) is 54.6 Å². The van der Waals surface area contributed by atoms with E-state index in [1.54, 1.807) is 42.5 Å². The number of rotatable bonds is 5. The molecule has 0 fully saturated rings. The van der Waals surface area contributed by atoms with Crippen molar-refractivity contribution < 1.29 is 23.1 Å². The molecule has 2 amide bonds. The van der Waals surface area contributed by atoms with Gasteiger partial charge < -0.3 is 19.0 Å². The largest absolute Gasteiger partial charge is 0.491 e. The summed E-state index contributed by atoms with van der Waals surface area (Å²) in [5.74, 6) is 0.227. The lowest BCUT2D eigenvalue weighted by Gasteiger charge is -2.31. The summed E-state index contributed by atoms with van der Waals surface area (Å²) >= 11 is 0. The topological polar surface area (TPSA) is 63.0 Å². The van der Waals surface area contributed by atoms with Crippen LogP contribution >= 0.6 is 0 Å². The van der Waals surface area contributed by atoms with Gasteiger partial charge >= 0.3 is 0 Å². The molecule has 5 rings (SSSR count). The fourth-order valence-electron chi connectivity index (χ4n) is 5.29. The summed E-state index contributed by atoms with van der Waals surface area (Å²) in [5.41, 5.74) is 1.89. The molecule has 0 unspecified atom stereocenters. The maximum Gasteiger partial charge on any atom is 0.289 e. The first-order valence-corrected chi connectivity index (χ1v) is 14.3. The molecule has 0 saturated carbocycles. The van der Waals surface area contributed by atoms with E-state index in [1.165, 1.54) is 6.07 Å². The summed E-state index contributed by atoms with van der Waals surface area (Å²) in [6.07, 6.45) is 3.00. The molecule has 0 bridgehead atoms. The van der Waals surface area contributed by atoms with E-state index in [2.05, 4.69) is 0 Å². The number of furan rings is 1. The molecule has 7 heteroatoms. The Bertz CT molecular complexity index is 1470. The summed E-state index contributed by atoms with van der Waals surface area (Å²) in [5, 5.41) is 0. The lowest BCUT2D eigenvalue weighted by molar-refractivity contribution is 0.0575. The van der Waals surface area contributed by atoms with Crippen LogP contribution in [0.4, 0.5) is 4.39 Å². The monoisotopic (exact) mass is 554 g/mol. The van der Waals surface area contributed by atoms with Gasteiger partial charge in [0.05, 0.1) is 17.2 Å². The Labute approximate surface area is 240 Å². The molecule has 1 atom stereocenters. The SMILES string of the molecule is CCN1CCCCCN(C(=O)c2ccc(-c3ccccc3F)o2)[C@H](Cc2ccccc2)COc2ccccc2C1=O. The molecule has 3 aromatic carbocycles. The van der Waals surface area contributed by atoms with E-state index in [0.717, 1.165) is 24.8 Å². The van der Waals surface area contributed by atoms with Crippen LogP contribution in [0.2, 0.25) is 0 Å². The Hall–Kier alpha value is -4.39. The Morgan fingerprint density at radius 2 is 1.56 bits per heavy atom. The highest BCUT2D eigenvalue weighted by atomic mass is 19.1. The van der Waals surface area contributed by atoms with E-state index >= 15 is 0 Å². The van der Waals surface area contributed by atoms with Gasteiger partial charge in [0, 0.05) is 19.6 Å². The van der Waals surface area contributed by atoms with Gasteiger partial charge in [-0.15, -0.1) is 0 Å². The zero-order chi connectivity index (χ0) is 28.6. The van der Waals surface area contributed by atoms with Crippen molar-refractivity contribution in [3.63, 3.8) is 0 Å². The fraction of sp³-hybridized carbons (Fsp3) is 0.294. The molecule has 1 aromatic heterocycles. The molecular formula is C34H35FN2O4. The highest BCUT2D eigenvalue weighted by Gasteiger charge is 2.29. The van der Waals surface area contributed by atoms with E-state index in [1.807, 2.05) is 59.2 Å². The van der Waals surface area contributed by atoms with Crippen LogP contribution in [0.5, 0.6) is 5.75 Å². The summed E-state index contributed by atoms with van der Waals surface area (Å²) in [6, 6.07) is 26.5. The van der Waals surface area contributed by atoms with E-state index in [9.17, 15) is 14.0 Å². The van der Waals surface area contributed by atoms with Crippen molar-refractivity contribution in [2.24, 2.45) is 0 Å². The van der Waals surface area contributed by atoms with Crippen LogP contribution in [0.1, 0.15) is 52.7 Å². The zero-order valence-corrected chi connectivity index (χ0v) is 23.3. The summed E-state index contributed by atoms with van der Waals surface area (Å²) < 4.78 is 26.7. The maximum atomic E-state index is 14.4. The van der Waals surface area contributed by atoms with Crippen molar-refractivity contribution in [2.75, 3.05) is 26.2 Å². The minimum atomic E-state index is -0.409. The molecule has 0 radical (unpaired) electrons. The number of hydrogen-bond donors (Lipinski definition) is 0. The average Bonchev–Trinajstić information content (AvgIpc) is 3.49. The second kappa shape index (κ2) is 13.3. The molecule has 0 saturated heterocycles. The number of fused-ring (bicyclic) bond motifs is 1. The Morgan fingerprint density at radius 1 is 0.854 bits per heavy atom. The number of para-hydroxylation sites is 1. The lowest BCUT2D eigenvalue weighted by atomic mass is 10.0. The maximum absolute atomic E-state index is 14.4. The number of halogens is 1. The van der Waals surface area contributed by atoms with Crippen molar-refractivity contribution in [1.29, 1.82) is 0 Å². The number of nitrogens with zero attached hydrogens (tertiary/aromatic N) is 2. The van der Waals surface area contributed by atoms with Crippen LogP contribution in [0, 0.1) is 5.82 Å². The summed E-state index contributed by atoms with van der Waals surface area (Å²) in [6.45, 7) is 3.91. The zero-order valence-electron chi connectivity index (χ0n) is 23.3. The third-order valence-electron chi connectivity index (χ3n) is 7.52. The van der Waals surface area contributed by atoms with Gasteiger partial charge in [-0.25, -0.2) is 4.39 Å². The van der Waals surface area contributed by atoms with Crippen molar-refractivity contribution in [3.8, 4) is 17.1 Å². The summed E-state index contributed by atoms with van der Waals surface area (Å²) in [4.78, 5) is 31.1. The van der Waals surface area contributed by atoms with Crippen molar-refractivity contribution in [2.45, 2.75) is 38.6 Å².